The molecule has 0 aliphatic rings. The first-order valence-corrected chi connectivity index (χ1v) is 9.94. The highest BCUT2D eigenvalue weighted by molar-refractivity contribution is 6.36. The van der Waals surface area contributed by atoms with Crippen molar-refractivity contribution >= 4 is 40.1 Å². The van der Waals surface area contributed by atoms with Gasteiger partial charge in [-0.1, -0.05) is 29.3 Å². The Labute approximate surface area is 178 Å². The maximum atomic E-state index is 12.5. The summed E-state index contributed by atoms with van der Waals surface area (Å²) in [4.78, 5) is 24.3. The third-order valence-electron chi connectivity index (χ3n) is 4.65. The van der Waals surface area contributed by atoms with Gasteiger partial charge in [-0.3, -0.25) is 9.78 Å². The molecule has 0 unspecified atom stereocenters. The number of H-pyrrole nitrogens is 1. The van der Waals surface area contributed by atoms with Gasteiger partial charge >= 0.3 is 0 Å². The van der Waals surface area contributed by atoms with E-state index in [1.165, 1.54) is 0 Å². The fourth-order valence-electron chi connectivity index (χ4n) is 3.13. The SMILES string of the molecule is O=C(NCCc1ccncc1)c1ccc2nc(Cc3c(Cl)cccc3Cl)[nH]c2c1. The molecule has 4 rings (SSSR count). The van der Waals surface area contributed by atoms with E-state index in [9.17, 15) is 4.79 Å². The van der Waals surface area contributed by atoms with Crippen molar-refractivity contribution in [3.05, 3.63) is 93.5 Å². The Morgan fingerprint density at radius 1 is 1.03 bits per heavy atom. The number of nitrogens with zero attached hydrogens (tertiary/aromatic N) is 2. The van der Waals surface area contributed by atoms with E-state index in [1.807, 2.05) is 30.3 Å². The molecule has 1 amide bonds. The van der Waals surface area contributed by atoms with Crippen molar-refractivity contribution in [3.8, 4) is 0 Å². The molecule has 2 N–H and O–H groups in total. The lowest BCUT2D eigenvalue weighted by Gasteiger charge is -2.05. The number of amides is 1. The molecule has 0 radical (unpaired) electrons. The van der Waals surface area contributed by atoms with Crippen LogP contribution >= 0.6 is 23.2 Å². The number of imidazole rings is 1. The molecule has 0 fully saturated rings. The minimum Gasteiger partial charge on any atom is -0.352 e. The van der Waals surface area contributed by atoms with Gasteiger partial charge in [0.15, 0.2) is 0 Å². The number of benzene rings is 2. The van der Waals surface area contributed by atoms with Crippen LogP contribution < -0.4 is 5.32 Å². The maximum Gasteiger partial charge on any atom is 0.251 e. The van der Waals surface area contributed by atoms with Gasteiger partial charge in [0.05, 0.1) is 11.0 Å². The highest BCUT2D eigenvalue weighted by atomic mass is 35.5. The van der Waals surface area contributed by atoms with Crippen molar-refractivity contribution in [2.24, 2.45) is 0 Å². The fraction of sp³-hybridized carbons (Fsp3) is 0.136. The second-order valence-corrected chi connectivity index (χ2v) is 7.47. The quantitative estimate of drug-likeness (QED) is 0.465. The number of aromatic amines is 1. The van der Waals surface area contributed by atoms with Crippen LogP contribution in [0.5, 0.6) is 0 Å². The Morgan fingerprint density at radius 3 is 2.55 bits per heavy atom. The van der Waals surface area contributed by atoms with E-state index in [-0.39, 0.29) is 5.91 Å². The van der Waals surface area contributed by atoms with Gasteiger partial charge in [-0.05, 0) is 60.0 Å². The second kappa shape index (κ2) is 8.64. The van der Waals surface area contributed by atoms with Crippen molar-refractivity contribution < 1.29 is 4.79 Å². The summed E-state index contributed by atoms with van der Waals surface area (Å²) in [5.41, 5.74) is 4.12. The third-order valence-corrected chi connectivity index (χ3v) is 5.36. The molecule has 7 heteroatoms. The molecule has 0 aliphatic carbocycles. The highest BCUT2D eigenvalue weighted by Crippen LogP contribution is 2.27. The third kappa shape index (κ3) is 4.58. The van der Waals surface area contributed by atoms with Gasteiger partial charge < -0.3 is 10.3 Å². The number of carbonyl (C=O) groups is 1. The number of hydrogen-bond donors (Lipinski definition) is 2. The van der Waals surface area contributed by atoms with Crippen molar-refractivity contribution in [2.75, 3.05) is 6.54 Å². The lowest BCUT2D eigenvalue weighted by molar-refractivity contribution is 0.0954. The standard InChI is InChI=1S/C22H18Cl2N4O/c23-17-2-1-3-18(24)16(17)13-21-27-19-5-4-15(12-20(19)28-21)22(29)26-11-8-14-6-9-25-10-7-14/h1-7,9-10,12H,8,11,13H2,(H,26,29)(H,27,28). The average molecular weight is 425 g/mol. The number of aromatic nitrogens is 3. The van der Waals surface area contributed by atoms with Crippen LogP contribution in [0.4, 0.5) is 0 Å². The Bertz CT molecular complexity index is 1140. The smallest absolute Gasteiger partial charge is 0.251 e. The summed E-state index contributed by atoms with van der Waals surface area (Å²) in [6.45, 7) is 0.556. The molecule has 0 saturated carbocycles. The van der Waals surface area contributed by atoms with Gasteiger partial charge in [-0.2, -0.15) is 0 Å². The second-order valence-electron chi connectivity index (χ2n) is 6.65. The number of halogens is 2. The summed E-state index contributed by atoms with van der Waals surface area (Å²) >= 11 is 12.5. The van der Waals surface area contributed by atoms with Crippen LogP contribution in [0.25, 0.3) is 11.0 Å². The Kier molecular flexibility index (Phi) is 5.79. The molecule has 0 spiro atoms. The molecule has 0 aliphatic heterocycles. The predicted octanol–water partition coefficient (Wildman–Crippen LogP) is 4.83. The van der Waals surface area contributed by atoms with Crippen molar-refractivity contribution in [1.82, 2.24) is 20.3 Å². The first-order chi connectivity index (χ1) is 14.1. The molecule has 0 bridgehead atoms. The van der Waals surface area contributed by atoms with E-state index in [0.717, 1.165) is 34.4 Å². The zero-order valence-corrected chi connectivity index (χ0v) is 17.0. The van der Waals surface area contributed by atoms with Gasteiger partial charge in [-0.25, -0.2) is 4.98 Å². The summed E-state index contributed by atoms with van der Waals surface area (Å²) in [7, 11) is 0. The minimum absolute atomic E-state index is 0.119. The normalized spacial score (nSPS) is 11.0. The summed E-state index contributed by atoms with van der Waals surface area (Å²) < 4.78 is 0. The van der Waals surface area contributed by atoms with E-state index in [0.29, 0.717) is 28.6 Å². The van der Waals surface area contributed by atoms with Crippen molar-refractivity contribution in [1.29, 1.82) is 0 Å². The minimum atomic E-state index is -0.119. The van der Waals surface area contributed by atoms with E-state index in [2.05, 4.69) is 20.3 Å². The van der Waals surface area contributed by atoms with Gasteiger partial charge in [-0.15, -0.1) is 0 Å². The topological polar surface area (TPSA) is 70.7 Å². The van der Waals surface area contributed by atoms with Crippen LogP contribution in [0.1, 0.15) is 27.3 Å². The summed E-state index contributed by atoms with van der Waals surface area (Å²) in [6, 6.07) is 14.7. The zero-order chi connectivity index (χ0) is 20.2. The molecule has 0 saturated heterocycles. The largest absolute Gasteiger partial charge is 0.352 e. The molecule has 4 aromatic rings. The van der Waals surface area contributed by atoms with Crippen LogP contribution in [-0.4, -0.2) is 27.4 Å². The maximum absolute atomic E-state index is 12.5. The summed E-state index contributed by atoms with van der Waals surface area (Å²) in [6.07, 6.45) is 4.73. The number of nitrogens with one attached hydrogen (secondary N) is 2. The summed E-state index contributed by atoms with van der Waals surface area (Å²) in [5, 5.41) is 4.15. The first kappa shape index (κ1) is 19.4. The van der Waals surface area contributed by atoms with Crippen LogP contribution in [0, 0.1) is 0 Å². The number of pyridine rings is 1. The molecule has 146 valence electrons. The molecule has 2 heterocycles. The summed E-state index contributed by atoms with van der Waals surface area (Å²) in [5.74, 6) is 0.622. The van der Waals surface area contributed by atoms with Gasteiger partial charge in [0.1, 0.15) is 5.82 Å². The lowest BCUT2D eigenvalue weighted by atomic mass is 10.1. The molecule has 0 atom stereocenters. The molecule has 5 nitrogen and oxygen atoms in total. The Morgan fingerprint density at radius 2 is 1.79 bits per heavy atom. The highest BCUT2D eigenvalue weighted by Gasteiger charge is 2.12. The number of hydrogen-bond acceptors (Lipinski definition) is 3. The number of fused-ring (bicyclic) bond motifs is 1. The van der Waals surface area contributed by atoms with Gasteiger partial charge in [0.2, 0.25) is 0 Å². The van der Waals surface area contributed by atoms with E-state index in [4.69, 9.17) is 23.2 Å². The Hall–Kier alpha value is -2.89. The molecular weight excluding hydrogens is 407 g/mol. The molecule has 2 aromatic carbocycles. The van der Waals surface area contributed by atoms with Gasteiger partial charge in [0, 0.05) is 41.0 Å². The Balaban J connectivity index is 1.46. The lowest BCUT2D eigenvalue weighted by Crippen LogP contribution is -2.25. The number of carbonyl (C=O) groups excluding carboxylic acids is 1. The van der Waals surface area contributed by atoms with Crippen molar-refractivity contribution in [2.45, 2.75) is 12.8 Å². The van der Waals surface area contributed by atoms with Crippen LogP contribution in [-0.2, 0) is 12.8 Å². The molecule has 29 heavy (non-hydrogen) atoms. The molecule has 2 aromatic heterocycles. The van der Waals surface area contributed by atoms with Crippen molar-refractivity contribution in [3.63, 3.8) is 0 Å². The zero-order valence-electron chi connectivity index (χ0n) is 15.5. The average Bonchev–Trinajstić information content (AvgIpc) is 3.13. The van der Waals surface area contributed by atoms with E-state index < -0.39 is 0 Å². The van der Waals surface area contributed by atoms with E-state index in [1.54, 1.807) is 30.6 Å². The predicted molar refractivity (Wildman–Crippen MR) is 116 cm³/mol. The fourth-order valence-corrected chi connectivity index (χ4v) is 3.66. The molecular formula is C22H18Cl2N4O. The number of rotatable bonds is 6. The van der Waals surface area contributed by atoms with Crippen LogP contribution in [0.2, 0.25) is 10.0 Å². The van der Waals surface area contributed by atoms with Gasteiger partial charge in [0.25, 0.3) is 5.91 Å². The monoisotopic (exact) mass is 424 g/mol. The first-order valence-electron chi connectivity index (χ1n) is 9.19. The van der Waals surface area contributed by atoms with Crippen LogP contribution in [0.15, 0.2) is 60.9 Å². The van der Waals surface area contributed by atoms with E-state index >= 15 is 0 Å². The van der Waals surface area contributed by atoms with Crippen LogP contribution in [0.3, 0.4) is 0 Å².